The fraction of sp³-hybridized carbons (Fsp3) is 0.179. The normalized spacial score (nSPS) is 15.3. The average Bonchev–Trinajstić information content (AvgIpc) is 3.34. The number of hydrogen-bond acceptors (Lipinski definition) is 4. The first-order valence-electron chi connectivity index (χ1n) is 11.6. The van der Waals surface area contributed by atoms with Gasteiger partial charge in [-0.3, -0.25) is 9.48 Å². The Bertz CT molecular complexity index is 1420. The van der Waals surface area contributed by atoms with E-state index in [-0.39, 0.29) is 24.0 Å². The minimum Gasteiger partial charge on any atom is -0.496 e. The lowest BCUT2D eigenvalue weighted by Gasteiger charge is -2.32. The van der Waals surface area contributed by atoms with Crippen LogP contribution in [0.3, 0.4) is 0 Å². The lowest BCUT2D eigenvalue weighted by Crippen LogP contribution is -2.42. The number of methoxy groups -OCH3 is 1. The number of alkyl halides is 3. The van der Waals surface area contributed by atoms with Crippen molar-refractivity contribution in [3.63, 3.8) is 0 Å². The molecule has 2 heterocycles. The molecule has 0 saturated heterocycles. The van der Waals surface area contributed by atoms with Crippen molar-refractivity contribution in [3.05, 3.63) is 107 Å². The summed E-state index contributed by atoms with van der Waals surface area (Å²) in [7, 11) is 1.17. The highest BCUT2D eigenvalue weighted by atomic mass is 19.4. The summed E-state index contributed by atoms with van der Waals surface area (Å²) in [5.41, 5.74) is 2.46. The van der Waals surface area contributed by atoms with E-state index in [9.17, 15) is 18.0 Å². The number of aromatic nitrogens is 2. The van der Waals surface area contributed by atoms with E-state index in [1.807, 2.05) is 67.6 Å². The molecule has 37 heavy (non-hydrogen) atoms. The number of hydrogen-bond donors (Lipinski definition) is 0. The van der Waals surface area contributed by atoms with Crippen LogP contribution in [-0.2, 0) is 6.18 Å². The summed E-state index contributed by atoms with van der Waals surface area (Å²) >= 11 is 0. The predicted molar refractivity (Wildman–Crippen MR) is 135 cm³/mol. The van der Waals surface area contributed by atoms with E-state index in [0.717, 1.165) is 17.2 Å². The van der Waals surface area contributed by atoms with Crippen LogP contribution in [0, 0.1) is 0 Å². The van der Waals surface area contributed by atoms with E-state index in [2.05, 4.69) is 5.10 Å². The largest absolute Gasteiger partial charge is 0.496 e. The molecule has 0 spiro atoms. The summed E-state index contributed by atoms with van der Waals surface area (Å²) in [6, 6.07) is 22.4. The Morgan fingerprint density at radius 2 is 1.62 bits per heavy atom. The highest BCUT2D eigenvalue weighted by Gasteiger charge is 2.37. The summed E-state index contributed by atoms with van der Waals surface area (Å²) in [6.45, 7) is 2.12. The summed E-state index contributed by atoms with van der Waals surface area (Å²) in [6.07, 6.45) is -3.03. The number of halogens is 3. The standard InChI is InChI=1S/C28H23F3N4O2/c1-18-17-34(21-13-14-22(28(29,30)31)24(15-21)37-2)27(36)26-23(16-32-35(18)26)33-25(19-9-5-3-6-10-19)20-11-7-4-8-12-20/h3-16,18H,17H2,1-2H3. The molecule has 1 atom stereocenters. The average molecular weight is 505 g/mol. The fourth-order valence-electron chi connectivity index (χ4n) is 4.44. The van der Waals surface area contributed by atoms with Crippen LogP contribution < -0.4 is 9.64 Å². The van der Waals surface area contributed by atoms with Gasteiger partial charge >= 0.3 is 6.18 Å². The Morgan fingerprint density at radius 1 is 1.00 bits per heavy atom. The first-order chi connectivity index (χ1) is 17.8. The van der Waals surface area contributed by atoms with Crippen molar-refractivity contribution in [1.29, 1.82) is 0 Å². The maximum Gasteiger partial charge on any atom is 0.419 e. The molecule has 3 aromatic carbocycles. The first-order valence-corrected chi connectivity index (χ1v) is 11.6. The van der Waals surface area contributed by atoms with Crippen molar-refractivity contribution in [1.82, 2.24) is 9.78 Å². The second kappa shape index (κ2) is 9.57. The van der Waals surface area contributed by atoms with Crippen molar-refractivity contribution >= 4 is 23.0 Å². The Labute approximate surface area is 211 Å². The number of ether oxygens (including phenoxy) is 1. The molecule has 0 radical (unpaired) electrons. The van der Waals surface area contributed by atoms with E-state index < -0.39 is 17.6 Å². The lowest BCUT2D eigenvalue weighted by molar-refractivity contribution is -0.138. The zero-order valence-corrected chi connectivity index (χ0v) is 20.1. The third-order valence-corrected chi connectivity index (χ3v) is 6.22. The molecule has 1 unspecified atom stereocenters. The maximum atomic E-state index is 13.7. The molecule has 1 aromatic heterocycles. The van der Waals surface area contributed by atoms with Gasteiger partial charge in [-0.15, -0.1) is 0 Å². The summed E-state index contributed by atoms with van der Waals surface area (Å²) in [4.78, 5) is 20.0. The van der Waals surface area contributed by atoms with Crippen molar-refractivity contribution < 1.29 is 22.7 Å². The van der Waals surface area contributed by atoms with Crippen molar-refractivity contribution in [3.8, 4) is 5.75 Å². The van der Waals surface area contributed by atoms with Crippen molar-refractivity contribution in [2.45, 2.75) is 19.1 Å². The van der Waals surface area contributed by atoms with E-state index in [1.54, 1.807) is 10.9 Å². The van der Waals surface area contributed by atoms with Crippen LogP contribution in [0.4, 0.5) is 24.5 Å². The molecule has 0 saturated carbocycles. The zero-order valence-electron chi connectivity index (χ0n) is 20.1. The van der Waals surface area contributed by atoms with Gasteiger partial charge in [0.25, 0.3) is 5.91 Å². The van der Waals surface area contributed by atoms with E-state index >= 15 is 0 Å². The van der Waals surface area contributed by atoms with Gasteiger partial charge in [-0.2, -0.15) is 18.3 Å². The van der Waals surface area contributed by atoms with Crippen LogP contribution in [0.5, 0.6) is 5.75 Å². The number of benzene rings is 3. The Kier molecular flexibility index (Phi) is 6.29. The van der Waals surface area contributed by atoms with Crippen molar-refractivity contribution in [2.24, 2.45) is 4.99 Å². The van der Waals surface area contributed by atoms with Crippen LogP contribution in [0.25, 0.3) is 0 Å². The van der Waals surface area contributed by atoms with Crippen LogP contribution >= 0.6 is 0 Å². The second-order valence-electron chi connectivity index (χ2n) is 8.66. The van der Waals surface area contributed by atoms with Gasteiger partial charge < -0.3 is 9.64 Å². The number of amides is 1. The third kappa shape index (κ3) is 4.60. The topological polar surface area (TPSA) is 59.7 Å². The van der Waals surface area contributed by atoms with Gasteiger partial charge in [0.2, 0.25) is 0 Å². The molecule has 1 aliphatic heterocycles. The van der Waals surface area contributed by atoms with Crippen LogP contribution in [0.15, 0.2) is 90.1 Å². The minimum atomic E-state index is -4.57. The lowest BCUT2D eigenvalue weighted by atomic mass is 10.0. The Balaban J connectivity index is 1.60. The van der Waals surface area contributed by atoms with Gasteiger partial charge in [0.05, 0.1) is 30.6 Å². The molecule has 1 amide bonds. The molecule has 5 rings (SSSR count). The molecule has 0 aliphatic carbocycles. The molecule has 188 valence electrons. The molecule has 0 fully saturated rings. The van der Waals surface area contributed by atoms with Crippen LogP contribution in [0.1, 0.15) is 40.1 Å². The number of carbonyl (C=O) groups excluding carboxylic acids is 1. The molecule has 4 aromatic rings. The zero-order chi connectivity index (χ0) is 26.2. The third-order valence-electron chi connectivity index (χ3n) is 6.22. The highest BCUT2D eigenvalue weighted by molar-refractivity contribution is 6.15. The van der Waals surface area contributed by atoms with Crippen LogP contribution in [-0.4, -0.2) is 35.1 Å². The van der Waals surface area contributed by atoms with Crippen molar-refractivity contribution in [2.75, 3.05) is 18.6 Å². The second-order valence-corrected chi connectivity index (χ2v) is 8.66. The summed E-state index contributed by atoms with van der Waals surface area (Å²) in [5, 5.41) is 4.43. The van der Waals surface area contributed by atoms with E-state index in [1.165, 1.54) is 24.1 Å². The van der Waals surface area contributed by atoms with Gasteiger partial charge in [-0.05, 0) is 19.1 Å². The minimum absolute atomic E-state index is 0.232. The predicted octanol–water partition coefficient (Wildman–Crippen LogP) is 6.30. The number of nitrogens with zero attached hydrogens (tertiary/aromatic N) is 4. The molecular weight excluding hydrogens is 481 g/mol. The molecule has 6 nitrogen and oxygen atoms in total. The summed E-state index contributed by atoms with van der Waals surface area (Å²) in [5.74, 6) is -0.755. The van der Waals surface area contributed by atoms with Gasteiger partial charge in [-0.25, -0.2) is 4.99 Å². The smallest absolute Gasteiger partial charge is 0.419 e. The van der Waals surface area contributed by atoms with Gasteiger partial charge in [0, 0.05) is 29.4 Å². The molecule has 0 bridgehead atoms. The molecule has 1 aliphatic rings. The Morgan fingerprint density at radius 3 is 2.19 bits per heavy atom. The quantitative estimate of drug-likeness (QED) is 0.300. The number of carbonyl (C=O) groups is 1. The number of aliphatic imine (C=N–C) groups is 1. The fourth-order valence-corrected chi connectivity index (χ4v) is 4.44. The monoisotopic (exact) mass is 504 g/mol. The SMILES string of the molecule is COc1cc(N2CC(C)n3ncc(N=C(c4ccccc4)c4ccccc4)c3C2=O)ccc1C(F)(F)F. The maximum absolute atomic E-state index is 13.7. The number of rotatable bonds is 5. The van der Waals surface area contributed by atoms with Gasteiger partial charge in [-0.1, -0.05) is 60.7 Å². The highest BCUT2D eigenvalue weighted by Crippen LogP contribution is 2.40. The summed E-state index contributed by atoms with van der Waals surface area (Å²) < 4.78 is 46.7. The Hall–Kier alpha value is -4.40. The number of fused-ring (bicyclic) bond motifs is 1. The first kappa shape index (κ1) is 24.3. The van der Waals surface area contributed by atoms with E-state index in [4.69, 9.17) is 9.73 Å². The van der Waals surface area contributed by atoms with Crippen LogP contribution in [0.2, 0.25) is 0 Å². The molecule has 9 heteroatoms. The van der Waals surface area contributed by atoms with E-state index in [0.29, 0.717) is 17.1 Å². The molecular formula is C28H23F3N4O2. The molecule has 0 N–H and O–H groups in total. The van der Waals surface area contributed by atoms with Gasteiger partial charge in [0.15, 0.2) is 5.69 Å². The number of anilines is 1. The van der Waals surface area contributed by atoms with Gasteiger partial charge in [0.1, 0.15) is 11.4 Å².